The molecule has 2 rings (SSSR count). The van der Waals surface area contributed by atoms with Gasteiger partial charge in [0.25, 0.3) is 0 Å². The van der Waals surface area contributed by atoms with Crippen LogP contribution in [0.3, 0.4) is 0 Å². The molecule has 7 heteroatoms. The molecule has 0 radical (unpaired) electrons. The third kappa shape index (κ3) is 9.40. The van der Waals surface area contributed by atoms with E-state index in [1.54, 1.807) is 0 Å². The zero-order valence-corrected chi connectivity index (χ0v) is 18.5. The number of guanidine groups is 1. The van der Waals surface area contributed by atoms with E-state index in [0.717, 1.165) is 70.9 Å². The number of halogens is 1. The average Bonchev–Trinajstić information content (AvgIpc) is 3.40. The third-order valence-electron chi connectivity index (χ3n) is 4.65. The monoisotopic (exact) mass is 468 g/mol. The lowest BCUT2D eigenvalue weighted by Gasteiger charge is -2.37. The molecule has 0 spiro atoms. The van der Waals surface area contributed by atoms with Gasteiger partial charge in [-0.2, -0.15) is 0 Å². The van der Waals surface area contributed by atoms with E-state index in [9.17, 15) is 0 Å². The predicted octanol–water partition coefficient (Wildman–Crippen LogP) is 2.09. The van der Waals surface area contributed by atoms with Crippen molar-refractivity contribution in [2.45, 2.75) is 52.1 Å². The van der Waals surface area contributed by atoms with Crippen molar-refractivity contribution < 1.29 is 9.47 Å². The lowest BCUT2D eigenvalue weighted by atomic mass is 10.2. The molecule has 0 aromatic heterocycles. The van der Waals surface area contributed by atoms with E-state index in [-0.39, 0.29) is 24.0 Å². The normalized spacial score (nSPS) is 23.0. The second-order valence-corrected chi connectivity index (χ2v) is 7.03. The molecule has 2 atom stereocenters. The van der Waals surface area contributed by atoms with Crippen LogP contribution in [-0.2, 0) is 9.47 Å². The highest BCUT2D eigenvalue weighted by atomic mass is 127. The van der Waals surface area contributed by atoms with E-state index >= 15 is 0 Å². The first kappa shape index (κ1) is 22.9. The number of rotatable bonds is 10. The van der Waals surface area contributed by atoms with Crippen molar-refractivity contribution in [2.24, 2.45) is 10.9 Å². The maximum absolute atomic E-state index is 5.67. The van der Waals surface area contributed by atoms with Gasteiger partial charge in [-0.3, -0.25) is 9.89 Å². The molecule has 1 aliphatic carbocycles. The van der Waals surface area contributed by atoms with Crippen LogP contribution in [0.4, 0.5) is 0 Å². The fraction of sp³-hybridized carbons (Fsp3) is 0.944. The van der Waals surface area contributed by atoms with E-state index in [1.165, 1.54) is 12.8 Å². The van der Waals surface area contributed by atoms with Crippen LogP contribution in [0.15, 0.2) is 4.99 Å². The Morgan fingerprint density at radius 2 is 2.16 bits per heavy atom. The summed E-state index contributed by atoms with van der Waals surface area (Å²) in [6.07, 6.45) is 3.73. The molecule has 0 bridgehead atoms. The van der Waals surface area contributed by atoms with Gasteiger partial charge in [0.05, 0.1) is 19.8 Å². The molecule has 1 saturated carbocycles. The van der Waals surface area contributed by atoms with Gasteiger partial charge < -0.3 is 20.1 Å². The summed E-state index contributed by atoms with van der Waals surface area (Å²) in [5.74, 6) is 1.76. The van der Waals surface area contributed by atoms with Crippen molar-refractivity contribution >= 4 is 29.9 Å². The van der Waals surface area contributed by atoms with Gasteiger partial charge in [-0.05, 0) is 46.0 Å². The number of aliphatic imine (C=N–C) groups is 1. The van der Waals surface area contributed by atoms with Crippen LogP contribution >= 0.6 is 24.0 Å². The van der Waals surface area contributed by atoms with Crippen molar-refractivity contribution in [3.05, 3.63) is 0 Å². The molecule has 2 aliphatic rings. The lowest BCUT2D eigenvalue weighted by Crippen LogP contribution is -2.49. The Hall–Kier alpha value is -0.120. The van der Waals surface area contributed by atoms with Crippen molar-refractivity contribution in [3.63, 3.8) is 0 Å². The molecule has 0 aromatic rings. The first-order valence-corrected chi connectivity index (χ1v) is 9.64. The zero-order valence-electron chi connectivity index (χ0n) is 16.1. The minimum absolute atomic E-state index is 0. The molecule has 0 amide bonds. The Bertz CT molecular complexity index is 380. The summed E-state index contributed by atoms with van der Waals surface area (Å²) >= 11 is 0. The van der Waals surface area contributed by atoms with E-state index < -0.39 is 0 Å². The Kier molecular flexibility index (Phi) is 12.0. The summed E-state index contributed by atoms with van der Waals surface area (Å²) < 4.78 is 11.2. The highest BCUT2D eigenvalue weighted by Gasteiger charge is 2.23. The minimum Gasteiger partial charge on any atom is -0.381 e. The number of morpholine rings is 1. The van der Waals surface area contributed by atoms with Gasteiger partial charge in [-0.25, -0.2) is 0 Å². The van der Waals surface area contributed by atoms with Crippen LogP contribution in [0.2, 0.25) is 0 Å². The summed E-state index contributed by atoms with van der Waals surface area (Å²) in [5, 5.41) is 6.74. The number of hydrogen-bond donors (Lipinski definition) is 2. The van der Waals surface area contributed by atoms with Gasteiger partial charge in [-0.15, -0.1) is 24.0 Å². The van der Waals surface area contributed by atoms with Gasteiger partial charge in [0.2, 0.25) is 0 Å². The zero-order chi connectivity index (χ0) is 17.2. The van der Waals surface area contributed by atoms with Crippen LogP contribution in [0.5, 0.6) is 0 Å². The van der Waals surface area contributed by atoms with Gasteiger partial charge in [-0.1, -0.05) is 0 Å². The molecule has 2 N–H and O–H groups in total. The largest absolute Gasteiger partial charge is 0.381 e. The van der Waals surface area contributed by atoms with Gasteiger partial charge in [0.1, 0.15) is 0 Å². The van der Waals surface area contributed by atoms with E-state index in [1.807, 2.05) is 0 Å². The summed E-state index contributed by atoms with van der Waals surface area (Å²) in [7, 11) is 0. The van der Waals surface area contributed by atoms with Crippen LogP contribution < -0.4 is 10.6 Å². The van der Waals surface area contributed by atoms with Crippen LogP contribution in [-0.4, -0.2) is 75.5 Å². The number of nitrogens with zero attached hydrogens (tertiary/aromatic N) is 2. The first-order valence-electron chi connectivity index (χ1n) is 9.64. The summed E-state index contributed by atoms with van der Waals surface area (Å²) in [6.45, 7) is 13.6. The molecule has 148 valence electrons. The smallest absolute Gasteiger partial charge is 0.191 e. The second kappa shape index (κ2) is 13.1. The maximum atomic E-state index is 5.67. The molecule has 1 saturated heterocycles. The maximum Gasteiger partial charge on any atom is 0.191 e. The summed E-state index contributed by atoms with van der Waals surface area (Å²) in [6, 6.07) is 0.907. The molecule has 2 unspecified atom stereocenters. The van der Waals surface area contributed by atoms with Gasteiger partial charge >= 0.3 is 0 Å². The Labute approximate surface area is 170 Å². The van der Waals surface area contributed by atoms with E-state index in [0.29, 0.717) is 12.1 Å². The van der Waals surface area contributed by atoms with Gasteiger partial charge in [0, 0.05) is 44.9 Å². The molecular weight excluding hydrogens is 431 g/mol. The molecule has 6 nitrogen and oxygen atoms in total. The Morgan fingerprint density at radius 1 is 1.36 bits per heavy atom. The molecule has 25 heavy (non-hydrogen) atoms. The third-order valence-corrected chi connectivity index (χ3v) is 4.65. The van der Waals surface area contributed by atoms with Crippen molar-refractivity contribution in [2.75, 3.05) is 52.6 Å². The first-order chi connectivity index (χ1) is 11.7. The number of nitrogens with one attached hydrogen (secondary N) is 2. The van der Waals surface area contributed by atoms with Crippen molar-refractivity contribution in [1.29, 1.82) is 0 Å². The predicted molar refractivity (Wildman–Crippen MR) is 114 cm³/mol. The molecular formula is C18H37IN4O2. The standard InChI is InChI=1S/C18H36N4O2.HI/c1-4-19-18(20-8-5-10-23-14-17-6-7-17)21-12-15(2)22-9-11-24-13-16(22)3;/h15-17H,4-14H2,1-3H3,(H2,19,20,21);1H. The lowest BCUT2D eigenvalue weighted by molar-refractivity contribution is -0.0165. The van der Waals surface area contributed by atoms with Crippen molar-refractivity contribution in [1.82, 2.24) is 15.5 Å². The highest BCUT2D eigenvalue weighted by molar-refractivity contribution is 14.0. The summed E-state index contributed by atoms with van der Waals surface area (Å²) in [5.41, 5.74) is 0. The SMILES string of the molecule is CCNC(=NCC(C)N1CCOCC1C)NCCCOCC1CC1.I. The summed E-state index contributed by atoms with van der Waals surface area (Å²) in [4.78, 5) is 7.24. The molecule has 1 aliphatic heterocycles. The minimum atomic E-state index is 0. The molecule has 2 fully saturated rings. The average molecular weight is 468 g/mol. The van der Waals surface area contributed by atoms with Gasteiger partial charge in [0.15, 0.2) is 5.96 Å². The topological polar surface area (TPSA) is 58.1 Å². The number of hydrogen-bond acceptors (Lipinski definition) is 4. The van der Waals surface area contributed by atoms with Crippen LogP contribution in [0.1, 0.15) is 40.0 Å². The Morgan fingerprint density at radius 3 is 2.84 bits per heavy atom. The molecule has 0 aromatic carbocycles. The molecule has 1 heterocycles. The fourth-order valence-electron chi connectivity index (χ4n) is 2.98. The quantitative estimate of drug-likeness (QED) is 0.223. The number of ether oxygens (including phenoxy) is 2. The van der Waals surface area contributed by atoms with Crippen molar-refractivity contribution in [3.8, 4) is 0 Å². The Balaban J connectivity index is 0.00000312. The van der Waals surface area contributed by atoms with E-state index in [4.69, 9.17) is 14.5 Å². The van der Waals surface area contributed by atoms with Crippen LogP contribution in [0, 0.1) is 5.92 Å². The highest BCUT2D eigenvalue weighted by Crippen LogP contribution is 2.28. The van der Waals surface area contributed by atoms with Crippen LogP contribution in [0.25, 0.3) is 0 Å². The van der Waals surface area contributed by atoms with E-state index in [2.05, 4.69) is 36.3 Å². The second-order valence-electron chi connectivity index (χ2n) is 7.03. The fourth-order valence-corrected chi connectivity index (χ4v) is 2.98.